The number of hydrogen-bond acceptors (Lipinski definition) is 6. The normalized spacial score (nSPS) is 36.5. The van der Waals surface area contributed by atoms with Crippen LogP contribution in [0.2, 0.25) is 0 Å². The van der Waals surface area contributed by atoms with Crippen molar-refractivity contribution >= 4 is 11.6 Å². The summed E-state index contributed by atoms with van der Waals surface area (Å²) in [5.74, 6) is 0.950. The maximum Gasteiger partial charge on any atom is 0.200 e. The zero-order valence-electron chi connectivity index (χ0n) is 21.8. The minimum absolute atomic E-state index is 0.0141. The van der Waals surface area contributed by atoms with Crippen LogP contribution in [0, 0.1) is 11.8 Å². The van der Waals surface area contributed by atoms with Crippen LogP contribution in [-0.2, 0) is 14.9 Å². The molecule has 3 heterocycles. The summed E-state index contributed by atoms with van der Waals surface area (Å²) >= 11 is 0. The summed E-state index contributed by atoms with van der Waals surface area (Å²) in [6, 6.07) is 1.81. The van der Waals surface area contributed by atoms with E-state index in [1.54, 1.807) is 13.2 Å². The van der Waals surface area contributed by atoms with E-state index in [2.05, 4.69) is 13.8 Å². The van der Waals surface area contributed by atoms with E-state index < -0.39 is 22.2 Å². The number of allylic oxidation sites excluding steroid dienone is 2. The highest BCUT2D eigenvalue weighted by atomic mass is 16.6. The summed E-state index contributed by atoms with van der Waals surface area (Å²) in [6.07, 6.45) is 4.75. The molecule has 35 heavy (non-hydrogen) atoms. The van der Waals surface area contributed by atoms with E-state index in [1.165, 1.54) is 0 Å². The molecule has 0 aromatic heterocycles. The van der Waals surface area contributed by atoms with Crippen molar-refractivity contribution in [2.75, 3.05) is 7.11 Å². The molecule has 1 spiro atoms. The van der Waals surface area contributed by atoms with E-state index in [0.717, 1.165) is 11.1 Å². The van der Waals surface area contributed by atoms with Gasteiger partial charge in [0, 0.05) is 40.9 Å². The monoisotopic (exact) mass is 478 g/mol. The van der Waals surface area contributed by atoms with Crippen LogP contribution in [0.25, 0.3) is 0 Å². The summed E-state index contributed by atoms with van der Waals surface area (Å²) in [4.78, 5) is 28.4. The van der Waals surface area contributed by atoms with Gasteiger partial charge in [0.15, 0.2) is 22.8 Å². The van der Waals surface area contributed by atoms with Crippen molar-refractivity contribution in [1.29, 1.82) is 0 Å². The van der Waals surface area contributed by atoms with Crippen LogP contribution >= 0.6 is 0 Å². The third kappa shape index (κ3) is 2.44. The van der Waals surface area contributed by atoms with Crippen LogP contribution in [0.4, 0.5) is 0 Å². The Balaban J connectivity index is 1.69. The fraction of sp³-hybridized carbons (Fsp3) is 0.586. The van der Waals surface area contributed by atoms with Crippen molar-refractivity contribution < 1.29 is 28.5 Å². The van der Waals surface area contributed by atoms with E-state index >= 15 is 0 Å². The second kappa shape index (κ2) is 6.58. The van der Waals surface area contributed by atoms with E-state index in [0.29, 0.717) is 41.2 Å². The van der Waals surface area contributed by atoms with Gasteiger partial charge >= 0.3 is 0 Å². The molecule has 6 nitrogen and oxygen atoms in total. The Labute approximate surface area is 206 Å². The lowest BCUT2D eigenvalue weighted by atomic mass is 9.51. The summed E-state index contributed by atoms with van der Waals surface area (Å²) < 4.78 is 25.8. The zero-order chi connectivity index (χ0) is 25.3. The fourth-order valence-corrected chi connectivity index (χ4v) is 7.31. The first kappa shape index (κ1) is 22.8. The smallest absolute Gasteiger partial charge is 0.200 e. The molecule has 5 atom stereocenters. The molecule has 4 bridgehead atoms. The van der Waals surface area contributed by atoms with Crippen molar-refractivity contribution in [3.05, 3.63) is 40.5 Å². The molecule has 2 fully saturated rings. The van der Waals surface area contributed by atoms with E-state index in [-0.39, 0.29) is 29.5 Å². The number of ketones is 2. The zero-order valence-corrected chi connectivity index (χ0v) is 21.8. The van der Waals surface area contributed by atoms with Crippen molar-refractivity contribution in [3.8, 4) is 17.2 Å². The fourth-order valence-electron chi connectivity index (χ4n) is 7.31. The number of ether oxygens (including phenoxy) is 4. The first-order valence-electron chi connectivity index (χ1n) is 12.6. The van der Waals surface area contributed by atoms with Crippen LogP contribution in [-0.4, -0.2) is 41.6 Å². The highest BCUT2D eigenvalue weighted by molar-refractivity contribution is 6.18. The van der Waals surface area contributed by atoms with Gasteiger partial charge in [0.25, 0.3) is 0 Å². The van der Waals surface area contributed by atoms with Crippen molar-refractivity contribution in [3.63, 3.8) is 0 Å². The topological polar surface area (TPSA) is 71.1 Å². The number of fused-ring (bicyclic) bond motifs is 3. The molecule has 6 heteroatoms. The van der Waals surface area contributed by atoms with Gasteiger partial charge in [-0.1, -0.05) is 31.6 Å². The average Bonchev–Trinajstić information content (AvgIpc) is 3.10. The quantitative estimate of drug-likeness (QED) is 0.562. The van der Waals surface area contributed by atoms with Gasteiger partial charge in [0.2, 0.25) is 0 Å². The Morgan fingerprint density at radius 2 is 1.91 bits per heavy atom. The molecule has 6 aliphatic rings. The molecule has 1 saturated carbocycles. The molecule has 0 N–H and O–H groups in total. The van der Waals surface area contributed by atoms with Crippen LogP contribution in [0.15, 0.2) is 29.4 Å². The van der Waals surface area contributed by atoms with E-state index in [9.17, 15) is 9.59 Å². The minimum Gasteiger partial charge on any atom is -0.496 e. The molecular formula is C29H34O6. The molecule has 1 saturated heterocycles. The molecule has 3 aliphatic heterocycles. The third-order valence-corrected chi connectivity index (χ3v) is 9.29. The highest BCUT2D eigenvalue weighted by Gasteiger charge is 2.81. The van der Waals surface area contributed by atoms with E-state index in [4.69, 9.17) is 18.9 Å². The van der Waals surface area contributed by atoms with Gasteiger partial charge in [-0.2, -0.15) is 0 Å². The van der Waals surface area contributed by atoms with Crippen molar-refractivity contribution in [1.82, 2.24) is 0 Å². The van der Waals surface area contributed by atoms with Gasteiger partial charge in [-0.15, -0.1) is 0 Å². The Hall–Kier alpha value is -2.60. The summed E-state index contributed by atoms with van der Waals surface area (Å²) in [6.45, 7) is 14.3. The molecular weight excluding hydrogens is 444 g/mol. The molecule has 1 aromatic carbocycles. The van der Waals surface area contributed by atoms with Gasteiger partial charge in [-0.05, 0) is 41.0 Å². The number of benzene rings is 1. The van der Waals surface area contributed by atoms with Crippen molar-refractivity contribution in [2.45, 2.75) is 89.6 Å². The predicted octanol–water partition coefficient (Wildman–Crippen LogP) is 5.12. The lowest BCUT2D eigenvalue weighted by Crippen LogP contribution is -2.72. The van der Waals surface area contributed by atoms with Crippen LogP contribution < -0.4 is 14.2 Å². The first-order chi connectivity index (χ1) is 16.3. The molecule has 3 aliphatic carbocycles. The van der Waals surface area contributed by atoms with Crippen LogP contribution in [0.1, 0.15) is 77.2 Å². The second-order valence-electron chi connectivity index (χ2n) is 12.2. The van der Waals surface area contributed by atoms with Gasteiger partial charge in [-0.3, -0.25) is 9.59 Å². The third-order valence-electron chi connectivity index (χ3n) is 9.29. The molecule has 7 rings (SSSR count). The van der Waals surface area contributed by atoms with Gasteiger partial charge in [0.05, 0.1) is 12.7 Å². The number of carbonyl (C=O) groups is 2. The number of methoxy groups -OCH3 is 1. The summed E-state index contributed by atoms with van der Waals surface area (Å²) in [5.41, 5.74) is -0.582. The molecule has 186 valence electrons. The van der Waals surface area contributed by atoms with E-state index in [1.807, 2.05) is 46.8 Å². The second-order valence-corrected chi connectivity index (χ2v) is 12.2. The number of carbonyl (C=O) groups excluding carboxylic acids is 2. The molecule has 0 amide bonds. The van der Waals surface area contributed by atoms with Gasteiger partial charge in [-0.25, -0.2) is 0 Å². The highest BCUT2D eigenvalue weighted by Crippen LogP contribution is 2.69. The Bertz CT molecular complexity index is 1260. The summed E-state index contributed by atoms with van der Waals surface area (Å²) in [7, 11) is 1.56. The van der Waals surface area contributed by atoms with Gasteiger partial charge in [0.1, 0.15) is 28.9 Å². The Kier molecular flexibility index (Phi) is 4.29. The van der Waals surface area contributed by atoms with Gasteiger partial charge < -0.3 is 18.9 Å². The standard InChI is InChI=1S/C29H34O6/c1-14(2)9-10-28-25(31)16-11-17-23(30)21-18(32-8)13-19-22(26(4,5)15(3)33-19)24(21)34-29(17,28)20(12-16)27(6,7)35-28/h9,11,13,15-16,20H,10,12H2,1-8H3/t15-,16+,20-,28-,29+/m1/s1. The lowest BCUT2D eigenvalue weighted by Gasteiger charge is -2.56. The average molecular weight is 479 g/mol. The largest absolute Gasteiger partial charge is 0.496 e. The Morgan fingerprint density at radius 3 is 2.57 bits per heavy atom. The number of rotatable bonds is 3. The summed E-state index contributed by atoms with van der Waals surface area (Å²) in [5, 5.41) is 0. The van der Waals surface area contributed by atoms with Crippen LogP contribution in [0.3, 0.4) is 0 Å². The lowest BCUT2D eigenvalue weighted by molar-refractivity contribution is -0.171. The molecule has 0 radical (unpaired) electrons. The van der Waals surface area contributed by atoms with Crippen LogP contribution in [0.5, 0.6) is 17.2 Å². The Morgan fingerprint density at radius 1 is 1.20 bits per heavy atom. The minimum atomic E-state index is -1.26. The molecule has 0 unspecified atom stereocenters. The van der Waals surface area contributed by atoms with Crippen molar-refractivity contribution in [2.24, 2.45) is 11.8 Å². The SMILES string of the molecule is COc1cc2c(c3c1C(=O)C1=C[C@H]4C[C@@H]5C(C)(C)O[C@](CC=C(C)C)(C4=O)[C@]15O3)C(C)(C)[C@@H](C)O2. The predicted molar refractivity (Wildman–Crippen MR) is 130 cm³/mol. The first-order valence-corrected chi connectivity index (χ1v) is 12.6. The molecule has 1 aromatic rings. The number of Topliss-reactive ketones (excluding diaryl/α,β-unsaturated/α-hetero) is 2. The maximum absolute atomic E-state index is 14.4. The maximum atomic E-state index is 14.4. The number of hydrogen-bond donors (Lipinski definition) is 0.